The molecule has 0 aromatic carbocycles. The molecule has 1 unspecified atom stereocenters. The van der Waals surface area contributed by atoms with E-state index < -0.39 is 0 Å². The van der Waals surface area contributed by atoms with Crippen molar-refractivity contribution in [1.29, 1.82) is 5.41 Å². The lowest BCUT2D eigenvalue weighted by Crippen LogP contribution is -2.12. The van der Waals surface area contributed by atoms with Crippen LogP contribution < -0.4 is 5.32 Å². The van der Waals surface area contributed by atoms with Crippen molar-refractivity contribution in [1.82, 2.24) is 15.2 Å². The summed E-state index contributed by atoms with van der Waals surface area (Å²) in [6.07, 6.45) is 9.45. The maximum atomic E-state index is 10.1. The van der Waals surface area contributed by atoms with Gasteiger partial charge in [0, 0.05) is 30.2 Å². The molecule has 2 aromatic heterocycles. The minimum atomic E-state index is -0.248. The zero-order valence-electron chi connectivity index (χ0n) is 12.4. The minimum Gasteiger partial charge on any atom is -0.393 e. The molecule has 4 N–H and O–H groups in total. The van der Waals surface area contributed by atoms with E-state index in [4.69, 9.17) is 5.41 Å². The highest BCUT2D eigenvalue weighted by molar-refractivity contribution is 5.87. The van der Waals surface area contributed by atoms with E-state index in [9.17, 15) is 5.11 Å². The molecule has 0 spiro atoms. The first-order valence-corrected chi connectivity index (χ1v) is 7.72. The van der Waals surface area contributed by atoms with E-state index in [2.05, 4.69) is 20.5 Å². The summed E-state index contributed by atoms with van der Waals surface area (Å²) in [5.41, 5.74) is 1.87. The summed E-state index contributed by atoms with van der Waals surface area (Å²) in [7, 11) is 0. The molecule has 6 heteroatoms. The van der Waals surface area contributed by atoms with E-state index in [-0.39, 0.29) is 12.0 Å². The van der Waals surface area contributed by atoms with E-state index in [0.717, 1.165) is 43.2 Å². The van der Waals surface area contributed by atoms with Crippen LogP contribution in [0.1, 0.15) is 49.1 Å². The summed E-state index contributed by atoms with van der Waals surface area (Å²) < 4.78 is 0. The first-order valence-electron chi connectivity index (χ1n) is 7.72. The van der Waals surface area contributed by atoms with Crippen molar-refractivity contribution in [3.63, 3.8) is 0 Å². The number of aromatic nitrogens is 3. The SMILES string of the molecule is N=Cc1c(C2CCCC[C@@H](O)C2)ccnc1Nc1cc[nH]n1. The average Bonchev–Trinajstić information content (AvgIpc) is 2.93. The molecule has 22 heavy (non-hydrogen) atoms. The van der Waals surface area contributed by atoms with Crippen LogP contribution in [-0.4, -0.2) is 32.6 Å². The number of H-pyrrole nitrogens is 1. The predicted molar refractivity (Wildman–Crippen MR) is 85.8 cm³/mol. The fourth-order valence-electron chi connectivity index (χ4n) is 3.16. The van der Waals surface area contributed by atoms with Crippen molar-refractivity contribution in [2.45, 2.75) is 44.1 Å². The molecule has 116 valence electrons. The number of hydrogen-bond acceptors (Lipinski definition) is 5. The zero-order valence-corrected chi connectivity index (χ0v) is 12.4. The van der Waals surface area contributed by atoms with Crippen LogP contribution in [0.15, 0.2) is 24.5 Å². The van der Waals surface area contributed by atoms with E-state index in [1.807, 2.05) is 12.1 Å². The van der Waals surface area contributed by atoms with Crippen molar-refractivity contribution < 1.29 is 5.11 Å². The van der Waals surface area contributed by atoms with Gasteiger partial charge in [0.2, 0.25) is 0 Å². The second-order valence-corrected chi connectivity index (χ2v) is 5.76. The Balaban J connectivity index is 1.91. The number of rotatable bonds is 4. The third-order valence-corrected chi connectivity index (χ3v) is 4.25. The highest BCUT2D eigenvalue weighted by atomic mass is 16.3. The molecule has 2 heterocycles. The van der Waals surface area contributed by atoms with Gasteiger partial charge in [-0.05, 0) is 36.8 Å². The van der Waals surface area contributed by atoms with Gasteiger partial charge in [0.25, 0.3) is 0 Å². The van der Waals surface area contributed by atoms with Crippen molar-refractivity contribution in [3.8, 4) is 0 Å². The monoisotopic (exact) mass is 299 g/mol. The molecule has 0 saturated heterocycles. The highest BCUT2D eigenvalue weighted by Crippen LogP contribution is 2.35. The number of aromatic amines is 1. The number of pyridine rings is 1. The van der Waals surface area contributed by atoms with Crippen LogP contribution in [0.2, 0.25) is 0 Å². The van der Waals surface area contributed by atoms with E-state index >= 15 is 0 Å². The second kappa shape index (κ2) is 6.70. The molecule has 0 amide bonds. The lowest BCUT2D eigenvalue weighted by molar-refractivity contribution is 0.152. The third kappa shape index (κ3) is 3.17. The molecule has 2 atom stereocenters. The summed E-state index contributed by atoms with van der Waals surface area (Å²) in [4.78, 5) is 4.34. The number of aliphatic hydroxyl groups is 1. The predicted octanol–water partition coefficient (Wildman–Crippen LogP) is 2.95. The Bertz CT molecular complexity index is 625. The Kier molecular flexibility index (Phi) is 4.48. The number of aliphatic hydroxyl groups excluding tert-OH is 1. The van der Waals surface area contributed by atoms with Crippen LogP contribution in [-0.2, 0) is 0 Å². The smallest absolute Gasteiger partial charge is 0.153 e. The molecule has 3 rings (SSSR count). The van der Waals surface area contributed by atoms with Crippen LogP contribution in [0.4, 0.5) is 11.6 Å². The summed E-state index contributed by atoms with van der Waals surface area (Å²) in [6, 6.07) is 3.79. The third-order valence-electron chi connectivity index (χ3n) is 4.25. The minimum absolute atomic E-state index is 0.248. The number of nitrogens with zero attached hydrogens (tertiary/aromatic N) is 2. The van der Waals surface area contributed by atoms with Gasteiger partial charge in [-0.25, -0.2) is 4.98 Å². The molecule has 0 radical (unpaired) electrons. The topological polar surface area (TPSA) is 97.7 Å². The standard InChI is InChI=1S/C16H21N5O/c17-10-14-13(11-3-1-2-4-12(22)9-11)5-7-18-16(14)20-15-6-8-19-21-15/h5-8,10-12,17,22H,1-4,9H2,(H2,18,19,20,21)/t11?,12-/m1/s1. The van der Waals surface area contributed by atoms with Gasteiger partial charge in [-0.3, -0.25) is 5.10 Å². The van der Waals surface area contributed by atoms with Gasteiger partial charge in [-0.2, -0.15) is 5.10 Å². The van der Waals surface area contributed by atoms with Crippen LogP contribution in [0.25, 0.3) is 0 Å². The molecular weight excluding hydrogens is 278 g/mol. The van der Waals surface area contributed by atoms with Gasteiger partial charge in [-0.15, -0.1) is 0 Å². The lowest BCUT2D eigenvalue weighted by atomic mass is 9.88. The van der Waals surface area contributed by atoms with Gasteiger partial charge in [-0.1, -0.05) is 12.8 Å². The lowest BCUT2D eigenvalue weighted by Gasteiger charge is -2.20. The number of nitrogens with one attached hydrogen (secondary N) is 3. The Labute approximate surface area is 129 Å². The Morgan fingerprint density at radius 2 is 2.18 bits per heavy atom. The Morgan fingerprint density at radius 1 is 1.32 bits per heavy atom. The van der Waals surface area contributed by atoms with Crippen LogP contribution in [0.5, 0.6) is 0 Å². The molecule has 1 aliphatic rings. The molecule has 0 bridgehead atoms. The Hall–Kier alpha value is -2.21. The summed E-state index contributed by atoms with van der Waals surface area (Å²) >= 11 is 0. The van der Waals surface area contributed by atoms with E-state index in [0.29, 0.717) is 11.6 Å². The molecule has 6 nitrogen and oxygen atoms in total. The zero-order chi connectivity index (χ0) is 15.4. The Morgan fingerprint density at radius 3 is 2.95 bits per heavy atom. The summed E-state index contributed by atoms with van der Waals surface area (Å²) in [5, 5.41) is 27.8. The van der Waals surface area contributed by atoms with Crippen LogP contribution in [0, 0.1) is 5.41 Å². The van der Waals surface area contributed by atoms with Gasteiger partial charge in [0.1, 0.15) is 5.82 Å². The summed E-state index contributed by atoms with van der Waals surface area (Å²) in [6.45, 7) is 0. The molecule has 1 fully saturated rings. The van der Waals surface area contributed by atoms with Crippen molar-refractivity contribution in [2.24, 2.45) is 0 Å². The fraction of sp³-hybridized carbons (Fsp3) is 0.438. The quantitative estimate of drug-likeness (QED) is 0.515. The largest absolute Gasteiger partial charge is 0.393 e. The van der Waals surface area contributed by atoms with Gasteiger partial charge < -0.3 is 15.8 Å². The van der Waals surface area contributed by atoms with E-state index in [1.54, 1.807) is 12.4 Å². The van der Waals surface area contributed by atoms with Crippen molar-refractivity contribution >= 4 is 17.9 Å². The van der Waals surface area contributed by atoms with Gasteiger partial charge in [0.15, 0.2) is 5.82 Å². The van der Waals surface area contributed by atoms with Gasteiger partial charge in [0.05, 0.1) is 6.10 Å². The van der Waals surface area contributed by atoms with Crippen molar-refractivity contribution in [2.75, 3.05) is 5.32 Å². The second-order valence-electron chi connectivity index (χ2n) is 5.76. The van der Waals surface area contributed by atoms with Crippen molar-refractivity contribution in [3.05, 3.63) is 35.7 Å². The van der Waals surface area contributed by atoms with E-state index in [1.165, 1.54) is 6.21 Å². The normalized spacial score (nSPS) is 22.0. The molecule has 2 aromatic rings. The van der Waals surface area contributed by atoms with Gasteiger partial charge >= 0.3 is 0 Å². The van der Waals surface area contributed by atoms with Crippen LogP contribution in [0.3, 0.4) is 0 Å². The first kappa shape index (κ1) is 14.7. The van der Waals surface area contributed by atoms with Crippen LogP contribution >= 0.6 is 0 Å². The molecule has 1 aliphatic carbocycles. The first-order chi connectivity index (χ1) is 10.8. The average molecular weight is 299 g/mol. The summed E-state index contributed by atoms with van der Waals surface area (Å²) in [5.74, 6) is 1.59. The maximum Gasteiger partial charge on any atom is 0.153 e. The number of anilines is 2. The highest BCUT2D eigenvalue weighted by Gasteiger charge is 2.23. The molecule has 1 saturated carbocycles. The molecular formula is C16H21N5O. The number of hydrogen-bond donors (Lipinski definition) is 4. The maximum absolute atomic E-state index is 10.1. The molecule has 0 aliphatic heterocycles. The fourth-order valence-corrected chi connectivity index (χ4v) is 3.16.